The van der Waals surface area contributed by atoms with Crippen molar-refractivity contribution in [3.05, 3.63) is 58.1 Å². The van der Waals surface area contributed by atoms with Gasteiger partial charge in [0.15, 0.2) is 0 Å². The van der Waals surface area contributed by atoms with Crippen LogP contribution in [0.5, 0.6) is 11.5 Å². The molecule has 0 atom stereocenters. The molecule has 2 aromatic carbocycles. The highest BCUT2D eigenvalue weighted by atomic mass is 79.9. The third-order valence-corrected chi connectivity index (χ3v) is 3.16. The van der Waals surface area contributed by atoms with Crippen molar-refractivity contribution < 1.29 is 9.47 Å². The van der Waals surface area contributed by atoms with Gasteiger partial charge in [0, 0.05) is 11.0 Å². The summed E-state index contributed by atoms with van der Waals surface area (Å²) in [6.45, 7) is 0.993. The zero-order chi connectivity index (χ0) is 13.7. The lowest BCUT2D eigenvalue weighted by Gasteiger charge is -2.09. The van der Waals surface area contributed by atoms with Crippen LogP contribution in [-0.4, -0.2) is 7.11 Å². The molecule has 0 radical (unpaired) electrons. The Kier molecular flexibility index (Phi) is 4.82. The van der Waals surface area contributed by atoms with E-state index in [0.29, 0.717) is 13.2 Å². The maximum absolute atomic E-state index is 5.77. The van der Waals surface area contributed by atoms with Crippen molar-refractivity contribution in [3.8, 4) is 11.5 Å². The number of hydrogen-bond donors (Lipinski definition) is 1. The van der Waals surface area contributed by atoms with Crippen LogP contribution < -0.4 is 15.2 Å². The summed E-state index contributed by atoms with van der Waals surface area (Å²) >= 11 is 3.45. The summed E-state index contributed by atoms with van der Waals surface area (Å²) in [6, 6.07) is 13.7. The van der Waals surface area contributed by atoms with Crippen molar-refractivity contribution in [2.24, 2.45) is 5.73 Å². The molecule has 19 heavy (non-hydrogen) atoms. The zero-order valence-electron chi connectivity index (χ0n) is 10.7. The highest BCUT2D eigenvalue weighted by molar-refractivity contribution is 9.10. The van der Waals surface area contributed by atoms with Gasteiger partial charge in [-0.2, -0.15) is 0 Å². The van der Waals surface area contributed by atoms with Crippen LogP contribution in [0.25, 0.3) is 0 Å². The number of nitrogens with two attached hydrogens (primary N) is 1. The molecular formula is C15H16BrNO2. The fourth-order valence-corrected chi connectivity index (χ4v) is 2.27. The molecule has 0 saturated carbocycles. The highest BCUT2D eigenvalue weighted by Crippen LogP contribution is 2.22. The minimum Gasteiger partial charge on any atom is -0.497 e. The van der Waals surface area contributed by atoms with Crippen molar-refractivity contribution in [1.29, 1.82) is 0 Å². The molecule has 0 heterocycles. The summed E-state index contributed by atoms with van der Waals surface area (Å²) in [6.07, 6.45) is 0. The second-order valence-electron chi connectivity index (χ2n) is 4.14. The molecule has 0 spiro atoms. The third kappa shape index (κ3) is 3.98. The second-order valence-corrected chi connectivity index (χ2v) is 5.06. The van der Waals surface area contributed by atoms with E-state index in [1.807, 2.05) is 42.5 Å². The molecule has 100 valence electrons. The van der Waals surface area contributed by atoms with Gasteiger partial charge in [-0.1, -0.05) is 28.1 Å². The minimum atomic E-state index is 0.495. The lowest BCUT2D eigenvalue weighted by atomic mass is 10.2. The highest BCUT2D eigenvalue weighted by Gasteiger charge is 2.01. The molecule has 0 aromatic heterocycles. The topological polar surface area (TPSA) is 44.5 Å². The van der Waals surface area contributed by atoms with E-state index in [2.05, 4.69) is 15.9 Å². The quantitative estimate of drug-likeness (QED) is 0.916. The van der Waals surface area contributed by atoms with Crippen LogP contribution in [0.3, 0.4) is 0 Å². The molecular weight excluding hydrogens is 306 g/mol. The van der Waals surface area contributed by atoms with Crippen LogP contribution in [-0.2, 0) is 13.2 Å². The van der Waals surface area contributed by atoms with Crippen molar-refractivity contribution in [2.75, 3.05) is 7.11 Å². The molecule has 0 amide bonds. The van der Waals surface area contributed by atoms with E-state index < -0.39 is 0 Å². The van der Waals surface area contributed by atoms with E-state index in [1.54, 1.807) is 7.11 Å². The number of hydrogen-bond acceptors (Lipinski definition) is 3. The number of rotatable bonds is 5. The first kappa shape index (κ1) is 13.9. The summed E-state index contributed by atoms with van der Waals surface area (Å²) in [5.74, 6) is 1.63. The Morgan fingerprint density at radius 2 is 1.84 bits per heavy atom. The average molecular weight is 322 g/mol. The first-order chi connectivity index (χ1) is 9.21. The van der Waals surface area contributed by atoms with Crippen LogP contribution in [0, 0.1) is 0 Å². The predicted molar refractivity (Wildman–Crippen MR) is 79.4 cm³/mol. The Morgan fingerprint density at radius 1 is 1.05 bits per heavy atom. The molecule has 0 unspecified atom stereocenters. The summed E-state index contributed by atoms with van der Waals surface area (Å²) in [4.78, 5) is 0. The number of methoxy groups -OCH3 is 1. The Morgan fingerprint density at radius 3 is 2.58 bits per heavy atom. The first-order valence-corrected chi connectivity index (χ1v) is 6.76. The number of benzene rings is 2. The zero-order valence-corrected chi connectivity index (χ0v) is 12.3. The molecule has 0 fully saturated rings. The lowest BCUT2D eigenvalue weighted by Crippen LogP contribution is -1.99. The fraction of sp³-hybridized carbons (Fsp3) is 0.200. The molecule has 3 nitrogen and oxygen atoms in total. The van der Waals surface area contributed by atoms with Crippen molar-refractivity contribution in [1.82, 2.24) is 0 Å². The third-order valence-electron chi connectivity index (χ3n) is 2.71. The first-order valence-electron chi connectivity index (χ1n) is 5.96. The SMILES string of the molecule is COc1cccc(COc2cc(Br)cc(CN)c2)c1. The van der Waals surface area contributed by atoms with Gasteiger partial charge in [-0.3, -0.25) is 0 Å². The van der Waals surface area contributed by atoms with Gasteiger partial charge in [-0.25, -0.2) is 0 Å². The monoisotopic (exact) mass is 321 g/mol. The van der Waals surface area contributed by atoms with Gasteiger partial charge in [0.2, 0.25) is 0 Å². The largest absolute Gasteiger partial charge is 0.497 e. The maximum Gasteiger partial charge on any atom is 0.121 e. The van der Waals surface area contributed by atoms with E-state index in [4.69, 9.17) is 15.2 Å². The molecule has 2 N–H and O–H groups in total. The molecule has 0 saturated heterocycles. The smallest absolute Gasteiger partial charge is 0.121 e. The van der Waals surface area contributed by atoms with Crippen LogP contribution >= 0.6 is 15.9 Å². The van der Waals surface area contributed by atoms with E-state index in [0.717, 1.165) is 27.1 Å². The van der Waals surface area contributed by atoms with Gasteiger partial charge < -0.3 is 15.2 Å². The standard InChI is InChI=1S/C15H16BrNO2/c1-18-14-4-2-3-11(6-14)10-19-15-7-12(9-17)5-13(16)8-15/h2-8H,9-10,17H2,1H3. The Balaban J connectivity index is 2.07. The van der Waals surface area contributed by atoms with Gasteiger partial charge in [-0.15, -0.1) is 0 Å². The summed E-state index contributed by atoms with van der Waals surface area (Å²) in [7, 11) is 1.65. The van der Waals surface area contributed by atoms with Gasteiger partial charge in [-0.05, 0) is 41.5 Å². The van der Waals surface area contributed by atoms with Gasteiger partial charge in [0.1, 0.15) is 18.1 Å². The van der Waals surface area contributed by atoms with Crippen LogP contribution in [0.4, 0.5) is 0 Å². The van der Waals surface area contributed by atoms with E-state index in [9.17, 15) is 0 Å². The van der Waals surface area contributed by atoms with Crippen molar-refractivity contribution >= 4 is 15.9 Å². The lowest BCUT2D eigenvalue weighted by molar-refractivity contribution is 0.304. The summed E-state index contributed by atoms with van der Waals surface area (Å²) < 4.78 is 11.9. The fourth-order valence-electron chi connectivity index (χ4n) is 1.75. The normalized spacial score (nSPS) is 10.3. The van der Waals surface area contributed by atoms with E-state index in [1.165, 1.54) is 0 Å². The van der Waals surface area contributed by atoms with Crippen LogP contribution in [0.1, 0.15) is 11.1 Å². The van der Waals surface area contributed by atoms with E-state index in [-0.39, 0.29) is 0 Å². The van der Waals surface area contributed by atoms with Crippen molar-refractivity contribution in [3.63, 3.8) is 0 Å². The maximum atomic E-state index is 5.77. The van der Waals surface area contributed by atoms with E-state index >= 15 is 0 Å². The van der Waals surface area contributed by atoms with Crippen LogP contribution in [0.15, 0.2) is 46.9 Å². The number of ether oxygens (including phenoxy) is 2. The summed E-state index contributed by atoms with van der Waals surface area (Å²) in [5.41, 5.74) is 7.74. The van der Waals surface area contributed by atoms with Gasteiger partial charge in [0.05, 0.1) is 7.11 Å². The Hall–Kier alpha value is -1.52. The average Bonchev–Trinajstić information content (AvgIpc) is 2.44. The molecule has 4 heteroatoms. The van der Waals surface area contributed by atoms with Crippen molar-refractivity contribution in [2.45, 2.75) is 13.2 Å². The second kappa shape index (κ2) is 6.59. The number of halogens is 1. The molecule has 2 rings (SSSR count). The van der Waals surface area contributed by atoms with Gasteiger partial charge >= 0.3 is 0 Å². The molecule has 0 aliphatic rings. The molecule has 0 bridgehead atoms. The predicted octanol–water partition coefficient (Wildman–Crippen LogP) is 3.50. The van der Waals surface area contributed by atoms with Gasteiger partial charge in [0.25, 0.3) is 0 Å². The molecule has 2 aromatic rings. The summed E-state index contributed by atoms with van der Waals surface area (Å²) in [5, 5.41) is 0. The van der Waals surface area contributed by atoms with Crippen LogP contribution in [0.2, 0.25) is 0 Å². The Labute approximate surface area is 121 Å². The molecule has 0 aliphatic heterocycles. The molecule has 0 aliphatic carbocycles. The Bertz CT molecular complexity index is 558. The minimum absolute atomic E-state index is 0.495.